The van der Waals surface area contributed by atoms with E-state index in [9.17, 15) is 4.79 Å². The molecule has 88 valence electrons. The zero-order chi connectivity index (χ0) is 12.6. The van der Waals surface area contributed by atoms with Crippen LogP contribution in [0.3, 0.4) is 0 Å². The molecule has 17 heavy (non-hydrogen) atoms. The molecule has 0 saturated carbocycles. The number of hydrogen-bond donors (Lipinski definition) is 1. The summed E-state index contributed by atoms with van der Waals surface area (Å²) in [7, 11) is 0. The van der Waals surface area contributed by atoms with Crippen molar-refractivity contribution >= 4 is 17.2 Å². The largest absolute Gasteiger partial charge is 0.365 e. The Kier molecular flexibility index (Phi) is 2.98. The van der Waals surface area contributed by atoms with E-state index < -0.39 is 5.91 Å². The molecule has 0 spiro atoms. The fraction of sp³-hybridized carbons (Fsp3) is 0.231. The van der Waals surface area contributed by atoms with Crippen LogP contribution in [-0.4, -0.2) is 10.9 Å². The summed E-state index contributed by atoms with van der Waals surface area (Å²) in [5.74, 6) is -0.406. The van der Waals surface area contributed by atoms with E-state index in [4.69, 9.17) is 5.73 Å². The minimum absolute atomic E-state index is 0.406. The Morgan fingerprint density at radius 1 is 1.29 bits per heavy atom. The first-order valence-corrected chi connectivity index (χ1v) is 6.15. The topological polar surface area (TPSA) is 56.0 Å². The van der Waals surface area contributed by atoms with Gasteiger partial charge in [-0.2, -0.15) is 0 Å². The summed E-state index contributed by atoms with van der Waals surface area (Å²) in [6.07, 6.45) is 0. The zero-order valence-electron chi connectivity index (χ0n) is 10.1. The maximum Gasteiger partial charge on any atom is 0.260 e. The molecule has 1 heterocycles. The second-order valence-corrected chi connectivity index (χ2v) is 5.12. The number of amides is 1. The standard InChI is InChI=1S/C13H14N2OS/c1-7-4-5-8(2)10(6-7)13-15-9(3)11(17-13)12(14)16/h4-6H,1-3H3,(H2,14,16). The van der Waals surface area contributed by atoms with Crippen LogP contribution in [0.4, 0.5) is 0 Å². The highest BCUT2D eigenvalue weighted by Gasteiger charge is 2.14. The molecule has 0 fully saturated rings. The maximum absolute atomic E-state index is 11.2. The van der Waals surface area contributed by atoms with Crippen LogP contribution in [0.2, 0.25) is 0 Å². The highest BCUT2D eigenvalue weighted by Crippen LogP contribution is 2.30. The van der Waals surface area contributed by atoms with Gasteiger partial charge in [-0.3, -0.25) is 4.79 Å². The predicted molar refractivity (Wildman–Crippen MR) is 70.3 cm³/mol. The van der Waals surface area contributed by atoms with Crippen LogP contribution in [0.25, 0.3) is 10.6 Å². The average molecular weight is 246 g/mol. The molecular formula is C13H14N2OS. The lowest BCUT2D eigenvalue weighted by molar-refractivity contribution is 0.100. The van der Waals surface area contributed by atoms with Crippen LogP contribution in [0.1, 0.15) is 26.5 Å². The lowest BCUT2D eigenvalue weighted by Gasteiger charge is -2.03. The van der Waals surface area contributed by atoms with Gasteiger partial charge in [0.2, 0.25) is 0 Å². The Morgan fingerprint density at radius 2 is 2.00 bits per heavy atom. The lowest BCUT2D eigenvalue weighted by Crippen LogP contribution is -2.09. The van der Waals surface area contributed by atoms with Gasteiger partial charge in [0.05, 0.1) is 5.69 Å². The van der Waals surface area contributed by atoms with Gasteiger partial charge in [0.15, 0.2) is 0 Å². The van der Waals surface area contributed by atoms with Crippen molar-refractivity contribution < 1.29 is 4.79 Å². The number of carbonyl (C=O) groups is 1. The normalized spacial score (nSPS) is 10.5. The molecule has 0 aliphatic heterocycles. The third-order valence-electron chi connectivity index (χ3n) is 2.64. The number of nitrogens with two attached hydrogens (primary N) is 1. The average Bonchev–Trinajstić information content (AvgIpc) is 2.64. The van der Waals surface area contributed by atoms with E-state index in [1.165, 1.54) is 16.9 Å². The molecule has 0 aliphatic carbocycles. The minimum Gasteiger partial charge on any atom is -0.365 e. The van der Waals surface area contributed by atoms with Crippen molar-refractivity contribution in [3.8, 4) is 10.6 Å². The number of rotatable bonds is 2. The predicted octanol–water partition coefficient (Wildman–Crippen LogP) is 2.83. The number of thiazole rings is 1. The number of primary amides is 1. The highest BCUT2D eigenvalue weighted by molar-refractivity contribution is 7.17. The van der Waals surface area contributed by atoms with Crippen LogP contribution in [0.15, 0.2) is 18.2 Å². The van der Waals surface area contributed by atoms with E-state index in [0.717, 1.165) is 16.1 Å². The van der Waals surface area contributed by atoms with Crippen molar-refractivity contribution in [1.82, 2.24) is 4.98 Å². The van der Waals surface area contributed by atoms with Gasteiger partial charge in [-0.05, 0) is 32.4 Å². The summed E-state index contributed by atoms with van der Waals surface area (Å²) in [6.45, 7) is 5.89. The molecule has 0 atom stereocenters. The Balaban J connectivity index is 2.57. The summed E-state index contributed by atoms with van der Waals surface area (Å²) in [4.78, 5) is 16.2. The van der Waals surface area contributed by atoms with Gasteiger partial charge in [0.25, 0.3) is 5.91 Å². The number of aromatic nitrogens is 1. The van der Waals surface area contributed by atoms with E-state index in [-0.39, 0.29) is 0 Å². The number of hydrogen-bond acceptors (Lipinski definition) is 3. The Morgan fingerprint density at radius 3 is 2.59 bits per heavy atom. The number of aryl methyl sites for hydroxylation is 3. The lowest BCUT2D eigenvalue weighted by atomic mass is 10.1. The SMILES string of the molecule is Cc1ccc(C)c(-c2nc(C)c(C(N)=O)s2)c1. The van der Waals surface area contributed by atoms with Crippen LogP contribution < -0.4 is 5.73 Å². The Hall–Kier alpha value is -1.68. The summed E-state index contributed by atoms with van der Waals surface area (Å²) in [5.41, 5.74) is 9.42. The van der Waals surface area contributed by atoms with Crippen LogP contribution in [-0.2, 0) is 0 Å². The molecule has 3 nitrogen and oxygen atoms in total. The van der Waals surface area contributed by atoms with Gasteiger partial charge in [-0.25, -0.2) is 4.98 Å². The monoisotopic (exact) mass is 246 g/mol. The van der Waals surface area contributed by atoms with Crippen LogP contribution in [0, 0.1) is 20.8 Å². The smallest absolute Gasteiger partial charge is 0.260 e. The quantitative estimate of drug-likeness (QED) is 0.885. The van der Waals surface area contributed by atoms with Crippen LogP contribution in [0.5, 0.6) is 0 Å². The fourth-order valence-corrected chi connectivity index (χ4v) is 2.71. The zero-order valence-corrected chi connectivity index (χ0v) is 10.9. The molecule has 0 aliphatic rings. The highest BCUT2D eigenvalue weighted by atomic mass is 32.1. The third kappa shape index (κ3) is 2.22. The second kappa shape index (κ2) is 4.30. The van der Waals surface area contributed by atoms with Crippen molar-refractivity contribution in [3.05, 3.63) is 39.9 Å². The van der Waals surface area contributed by atoms with E-state index in [0.29, 0.717) is 10.6 Å². The third-order valence-corrected chi connectivity index (χ3v) is 3.85. The fourth-order valence-electron chi connectivity index (χ4n) is 1.71. The van der Waals surface area contributed by atoms with E-state index in [1.807, 2.05) is 20.8 Å². The molecule has 2 N–H and O–H groups in total. The number of carbonyl (C=O) groups excluding carboxylic acids is 1. The van der Waals surface area contributed by atoms with Crippen molar-refractivity contribution in [3.63, 3.8) is 0 Å². The summed E-state index contributed by atoms with van der Waals surface area (Å²) < 4.78 is 0. The molecule has 1 aromatic heterocycles. The maximum atomic E-state index is 11.2. The van der Waals surface area contributed by atoms with Gasteiger partial charge < -0.3 is 5.73 Å². The van der Waals surface area contributed by atoms with E-state index in [1.54, 1.807) is 0 Å². The van der Waals surface area contributed by atoms with Gasteiger partial charge in [0.1, 0.15) is 9.88 Å². The van der Waals surface area contributed by atoms with E-state index >= 15 is 0 Å². The first kappa shape index (κ1) is 11.8. The number of benzene rings is 1. The van der Waals surface area contributed by atoms with Crippen molar-refractivity contribution in [1.29, 1.82) is 0 Å². The Labute approximate surface area is 104 Å². The molecule has 1 aromatic carbocycles. The molecule has 4 heteroatoms. The molecule has 2 aromatic rings. The number of nitrogens with zero attached hydrogens (tertiary/aromatic N) is 1. The summed E-state index contributed by atoms with van der Waals surface area (Å²) in [5, 5.41) is 0.859. The van der Waals surface area contributed by atoms with Crippen molar-refractivity contribution in [2.24, 2.45) is 5.73 Å². The Bertz CT molecular complexity index is 587. The van der Waals surface area contributed by atoms with Gasteiger partial charge in [-0.15, -0.1) is 11.3 Å². The second-order valence-electron chi connectivity index (χ2n) is 4.12. The van der Waals surface area contributed by atoms with Crippen molar-refractivity contribution in [2.75, 3.05) is 0 Å². The molecule has 1 amide bonds. The first-order chi connectivity index (χ1) is 7.99. The summed E-state index contributed by atoms with van der Waals surface area (Å²) in [6, 6.07) is 6.21. The molecule has 0 saturated heterocycles. The molecule has 0 unspecified atom stereocenters. The molecule has 0 bridgehead atoms. The minimum atomic E-state index is -0.406. The first-order valence-electron chi connectivity index (χ1n) is 5.34. The van der Waals surface area contributed by atoms with Gasteiger partial charge >= 0.3 is 0 Å². The van der Waals surface area contributed by atoms with Crippen molar-refractivity contribution in [2.45, 2.75) is 20.8 Å². The van der Waals surface area contributed by atoms with Crippen LogP contribution >= 0.6 is 11.3 Å². The van der Waals surface area contributed by atoms with Gasteiger partial charge in [0, 0.05) is 5.56 Å². The molecular weight excluding hydrogens is 232 g/mol. The summed E-state index contributed by atoms with van der Waals surface area (Å²) >= 11 is 1.36. The van der Waals surface area contributed by atoms with E-state index in [2.05, 4.69) is 23.2 Å². The molecule has 2 rings (SSSR count). The van der Waals surface area contributed by atoms with Gasteiger partial charge in [-0.1, -0.05) is 17.7 Å². The molecule has 0 radical (unpaired) electrons.